The number of nitrogens with one attached hydrogen (secondary N) is 1. The molecule has 0 spiro atoms. The largest absolute Gasteiger partial charge is 0.379 e. The molecule has 1 amide bonds. The normalized spacial score (nSPS) is 11.4. The average Bonchev–Trinajstić information content (AvgIpc) is 2.93. The molecule has 0 unspecified atom stereocenters. The van der Waals surface area contributed by atoms with Gasteiger partial charge in [-0.2, -0.15) is 0 Å². The number of nitrogens with two attached hydrogens (primary N) is 1. The Hall–Kier alpha value is -2.52. The summed E-state index contributed by atoms with van der Waals surface area (Å²) in [5.41, 5.74) is 21.9. The third-order valence-electron chi connectivity index (χ3n) is 4.90. The third-order valence-corrected chi connectivity index (χ3v) is 4.90. The Morgan fingerprint density at radius 3 is 1.69 bits per heavy atom. The lowest BCUT2D eigenvalue weighted by Crippen LogP contribution is -2.42. The van der Waals surface area contributed by atoms with Crippen molar-refractivity contribution in [3.05, 3.63) is 20.9 Å². The minimum atomic E-state index is -0.589. The standard InChI is InChI=1S/C23H44N8O8/c24-6-2-1-4-21(29-23(33)20-39-19-18-38-17-14-36-11-8-28-31-26)22(32)5-3-9-34-12-15-37-16-13-35-10-7-27-30-25/h21H,1-20,24H2,(H,29,33)/t21-/m0/s1. The molecule has 3 N–H and O–H groups in total. The monoisotopic (exact) mass is 560 g/mol. The van der Waals surface area contributed by atoms with Crippen LogP contribution in [0.25, 0.3) is 20.9 Å². The van der Waals surface area contributed by atoms with Gasteiger partial charge in [0.1, 0.15) is 6.61 Å². The minimum Gasteiger partial charge on any atom is -0.379 e. The molecule has 0 aromatic heterocycles. The molecule has 0 radical (unpaired) electrons. The van der Waals surface area contributed by atoms with Gasteiger partial charge in [0, 0.05) is 35.9 Å². The van der Waals surface area contributed by atoms with Crippen LogP contribution in [0.2, 0.25) is 0 Å². The van der Waals surface area contributed by atoms with Gasteiger partial charge in [0.2, 0.25) is 5.91 Å². The number of rotatable bonds is 30. The number of hydrogen-bond acceptors (Lipinski definition) is 11. The van der Waals surface area contributed by atoms with Gasteiger partial charge in [-0.25, -0.2) is 0 Å². The molecule has 16 nitrogen and oxygen atoms in total. The van der Waals surface area contributed by atoms with Crippen molar-refractivity contribution in [2.45, 2.75) is 38.1 Å². The number of Topliss-reactive ketones (excluding diaryl/α,β-unsaturated/α-hetero) is 1. The molecular weight excluding hydrogens is 516 g/mol. The Labute approximate surface area is 229 Å². The maximum absolute atomic E-state index is 12.7. The predicted molar refractivity (Wildman–Crippen MR) is 142 cm³/mol. The zero-order valence-corrected chi connectivity index (χ0v) is 22.7. The van der Waals surface area contributed by atoms with Crippen molar-refractivity contribution >= 4 is 11.7 Å². The summed E-state index contributed by atoms with van der Waals surface area (Å²) in [4.78, 5) is 30.2. The van der Waals surface area contributed by atoms with Crippen molar-refractivity contribution in [3.63, 3.8) is 0 Å². The Kier molecular flexibility index (Phi) is 28.1. The second-order valence-corrected chi connectivity index (χ2v) is 8.00. The van der Waals surface area contributed by atoms with Crippen LogP contribution >= 0.6 is 0 Å². The van der Waals surface area contributed by atoms with Crippen LogP contribution in [0.5, 0.6) is 0 Å². The maximum atomic E-state index is 12.7. The highest BCUT2D eigenvalue weighted by molar-refractivity contribution is 5.89. The van der Waals surface area contributed by atoms with E-state index in [0.29, 0.717) is 92.0 Å². The molecule has 16 heteroatoms. The fourth-order valence-electron chi connectivity index (χ4n) is 3.01. The molecule has 39 heavy (non-hydrogen) atoms. The SMILES string of the molecule is [N-]=[N+]=NCCOCCOCCOCCCC(=O)[C@H](CCCCN)NC(=O)COCCOCCOCCN=[N+]=[N-]. The summed E-state index contributed by atoms with van der Waals surface area (Å²) in [6, 6.07) is -0.589. The summed E-state index contributed by atoms with van der Waals surface area (Å²) in [5.74, 6) is -0.417. The van der Waals surface area contributed by atoms with Crippen LogP contribution < -0.4 is 11.1 Å². The highest BCUT2D eigenvalue weighted by Gasteiger charge is 2.20. The number of carbonyl (C=O) groups is 2. The van der Waals surface area contributed by atoms with E-state index in [-0.39, 0.29) is 37.9 Å². The first-order chi connectivity index (χ1) is 19.2. The van der Waals surface area contributed by atoms with Gasteiger partial charge in [-0.1, -0.05) is 10.2 Å². The molecule has 0 aliphatic rings. The Bertz CT molecular complexity index is 706. The van der Waals surface area contributed by atoms with Crippen molar-refractivity contribution in [2.24, 2.45) is 16.0 Å². The summed E-state index contributed by atoms with van der Waals surface area (Å²) in [6.45, 7) is 4.87. The van der Waals surface area contributed by atoms with Crippen molar-refractivity contribution in [3.8, 4) is 0 Å². The number of hydrogen-bond donors (Lipinski definition) is 2. The van der Waals surface area contributed by atoms with Gasteiger partial charge in [0.15, 0.2) is 5.78 Å². The second kappa shape index (κ2) is 30.0. The van der Waals surface area contributed by atoms with Gasteiger partial charge >= 0.3 is 0 Å². The van der Waals surface area contributed by atoms with E-state index < -0.39 is 6.04 Å². The van der Waals surface area contributed by atoms with Gasteiger partial charge in [-0.05, 0) is 43.3 Å². The number of ketones is 1. The molecule has 0 rings (SSSR count). The van der Waals surface area contributed by atoms with E-state index in [0.717, 1.165) is 12.8 Å². The second-order valence-electron chi connectivity index (χ2n) is 8.00. The Morgan fingerprint density at radius 1 is 0.692 bits per heavy atom. The first kappa shape index (κ1) is 36.5. The van der Waals surface area contributed by atoms with Gasteiger partial charge in [-0.3, -0.25) is 9.59 Å². The molecule has 0 saturated heterocycles. The molecule has 0 aromatic rings. The lowest BCUT2D eigenvalue weighted by Gasteiger charge is -2.18. The highest BCUT2D eigenvalue weighted by atomic mass is 16.5. The number of ether oxygens (including phenoxy) is 6. The van der Waals surface area contributed by atoms with E-state index >= 15 is 0 Å². The van der Waals surface area contributed by atoms with Crippen molar-refractivity contribution in [2.75, 3.05) is 98.9 Å². The number of azide groups is 2. The van der Waals surface area contributed by atoms with Crippen LogP contribution in [0.4, 0.5) is 0 Å². The van der Waals surface area contributed by atoms with Crippen LogP contribution in [0, 0.1) is 0 Å². The molecule has 0 saturated carbocycles. The summed E-state index contributed by atoms with van der Waals surface area (Å²) in [6.07, 6.45) is 2.84. The number of amides is 1. The van der Waals surface area contributed by atoms with E-state index in [9.17, 15) is 9.59 Å². The summed E-state index contributed by atoms with van der Waals surface area (Å²) < 4.78 is 31.9. The number of carbonyl (C=O) groups excluding carboxylic acids is 2. The van der Waals surface area contributed by atoms with E-state index in [4.69, 9.17) is 45.2 Å². The van der Waals surface area contributed by atoms with Crippen molar-refractivity contribution < 1.29 is 38.0 Å². The van der Waals surface area contributed by atoms with Crippen LogP contribution in [-0.4, -0.2) is 117 Å². The highest BCUT2D eigenvalue weighted by Crippen LogP contribution is 2.06. The molecule has 0 fully saturated rings. The van der Waals surface area contributed by atoms with Crippen LogP contribution in [0.3, 0.4) is 0 Å². The zero-order chi connectivity index (χ0) is 28.7. The van der Waals surface area contributed by atoms with E-state index in [1.807, 2.05) is 0 Å². The topological polar surface area (TPSA) is 225 Å². The molecule has 0 heterocycles. The third kappa shape index (κ3) is 26.9. The van der Waals surface area contributed by atoms with Crippen LogP contribution in [0.1, 0.15) is 32.1 Å². The zero-order valence-electron chi connectivity index (χ0n) is 22.7. The first-order valence-corrected chi connectivity index (χ1v) is 13.2. The van der Waals surface area contributed by atoms with E-state index in [1.165, 1.54) is 0 Å². The lowest BCUT2D eigenvalue weighted by atomic mass is 10.0. The van der Waals surface area contributed by atoms with Gasteiger partial charge in [-0.15, -0.1) is 0 Å². The molecule has 0 aliphatic heterocycles. The smallest absolute Gasteiger partial charge is 0.246 e. The van der Waals surface area contributed by atoms with Crippen molar-refractivity contribution in [1.29, 1.82) is 0 Å². The fraction of sp³-hybridized carbons (Fsp3) is 0.913. The molecule has 0 bridgehead atoms. The quantitative estimate of drug-likeness (QED) is 0.0563. The predicted octanol–water partition coefficient (Wildman–Crippen LogP) is 1.67. The summed E-state index contributed by atoms with van der Waals surface area (Å²) in [5, 5.41) is 9.47. The minimum absolute atomic E-state index is 0.0538. The Balaban J connectivity index is 3.93. The van der Waals surface area contributed by atoms with Gasteiger partial charge in [0.25, 0.3) is 0 Å². The van der Waals surface area contributed by atoms with Gasteiger partial charge < -0.3 is 39.5 Å². The summed E-state index contributed by atoms with van der Waals surface area (Å²) >= 11 is 0. The van der Waals surface area contributed by atoms with Crippen LogP contribution in [-0.2, 0) is 38.0 Å². The molecule has 224 valence electrons. The fourth-order valence-corrected chi connectivity index (χ4v) is 3.01. The van der Waals surface area contributed by atoms with Crippen molar-refractivity contribution in [1.82, 2.24) is 5.32 Å². The van der Waals surface area contributed by atoms with E-state index in [2.05, 4.69) is 25.4 Å². The van der Waals surface area contributed by atoms with Crippen LogP contribution in [0.15, 0.2) is 10.2 Å². The lowest BCUT2D eigenvalue weighted by molar-refractivity contribution is -0.131. The maximum Gasteiger partial charge on any atom is 0.246 e. The first-order valence-electron chi connectivity index (χ1n) is 13.2. The number of nitrogens with zero attached hydrogens (tertiary/aromatic N) is 6. The number of unbranched alkanes of at least 4 members (excludes halogenated alkanes) is 1. The molecule has 0 aliphatic carbocycles. The molecular formula is C23H44N8O8. The average molecular weight is 561 g/mol. The van der Waals surface area contributed by atoms with Gasteiger partial charge in [0.05, 0.1) is 72.1 Å². The molecule has 0 aromatic carbocycles. The molecule has 1 atom stereocenters. The van der Waals surface area contributed by atoms with E-state index in [1.54, 1.807) is 0 Å². The Morgan fingerprint density at radius 2 is 1.18 bits per heavy atom. The summed E-state index contributed by atoms with van der Waals surface area (Å²) in [7, 11) is 0.